The number of nitrogens with two attached hydrogens (primary N) is 1. The van der Waals surface area contributed by atoms with Crippen molar-refractivity contribution < 1.29 is 16.4 Å². The van der Waals surface area contributed by atoms with Crippen molar-refractivity contribution in [3.05, 3.63) is 71.4 Å². The van der Waals surface area contributed by atoms with Crippen LogP contribution in [0.15, 0.2) is 60.8 Å². The quantitative estimate of drug-likeness (QED) is 0.692. The van der Waals surface area contributed by atoms with Gasteiger partial charge in [0.15, 0.2) is 11.6 Å². The highest BCUT2D eigenvalue weighted by molar-refractivity contribution is 5.94. The van der Waals surface area contributed by atoms with Crippen LogP contribution in [0.1, 0.15) is 23.2 Å². The normalized spacial score (nSPS) is 14.6. The minimum absolute atomic E-state index is 0.0480. The highest BCUT2D eigenvalue weighted by atomic mass is 35.5. The van der Waals surface area contributed by atoms with Gasteiger partial charge in [-0.25, -0.2) is 9.97 Å². The lowest BCUT2D eigenvalue weighted by Crippen LogP contribution is -2.42. The number of amides is 1. The smallest absolute Gasteiger partial charge is 0.253 e. The molecule has 0 radical (unpaired) electrons. The summed E-state index contributed by atoms with van der Waals surface area (Å²) in [5, 5.41) is 3.99. The van der Waals surface area contributed by atoms with Gasteiger partial charge in [0.1, 0.15) is 0 Å². The average molecular weight is 409 g/mol. The summed E-state index contributed by atoms with van der Waals surface area (Å²) >= 11 is 5.13. The van der Waals surface area contributed by atoms with Gasteiger partial charge in [-0.1, -0.05) is 0 Å². The number of hydrogen-bond donors (Lipinski definition) is 2. The molecule has 1 fully saturated rings. The largest absolute Gasteiger partial charge is 0.339 e. The van der Waals surface area contributed by atoms with Crippen LogP contribution in [0, 0.1) is 11.6 Å². The first-order valence-electron chi connectivity index (χ1n) is 9.61. The van der Waals surface area contributed by atoms with E-state index in [-0.39, 0.29) is 11.9 Å². The number of benzene rings is 2. The number of carbonyl (C=O) groups excluding carboxylic acids is 1. The first kappa shape index (κ1) is 19.4. The molecule has 1 aliphatic heterocycles. The predicted octanol–water partition coefficient (Wildman–Crippen LogP) is 3.15. The summed E-state index contributed by atoms with van der Waals surface area (Å²) in [6, 6.07) is 17.1. The second-order valence-electron chi connectivity index (χ2n) is 7.12. The zero-order chi connectivity index (χ0) is 20.2. The fraction of sp³-hybridized carbons (Fsp3) is 0.227. The number of hydrogen-bond acceptors (Lipinski definition) is 5. The fourth-order valence-electron chi connectivity index (χ4n) is 3.32. The number of nitrogens with zero attached hydrogens (tertiary/aromatic N) is 3. The summed E-state index contributed by atoms with van der Waals surface area (Å²) in [6.07, 6.45) is 3.42. The second kappa shape index (κ2) is 8.59. The van der Waals surface area contributed by atoms with E-state index in [1.807, 2.05) is 59.5 Å². The van der Waals surface area contributed by atoms with Crippen LogP contribution in [-0.4, -0.2) is 39.9 Å². The number of piperidine rings is 1. The lowest BCUT2D eigenvalue weighted by atomic mass is 10.0. The number of halogens is 1. The van der Waals surface area contributed by atoms with Gasteiger partial charge in [-0.2, -0.15) is 0 Å². The van der Waals surface area contributed by atoms with E-state index in [0.717, 1.165) is 34.8 Å². The summed E-state index contributed by atoms with van der Waals surface area (Å²) in [5.41, 5.74) is 9.20. The molecule has 0 saturated carbocycles. The number of likely N-dealkylation sites (tertiary alicyclic amines) is 1. The van der Waals surface area contributed by atoms with Crippen LogP contribution >= 0.6 is 0 Å². The van der Waals surface area contributed by atoms with Crippen molar-refractivity contribution >= 4 is 17.5 Å². The molecule has 29 heavy (non-hydrogen) atoms. The minimum atomic E-state index is 0.0480. The predicted molar refractivity (Wildman–Crippen MR) is 111 cm³/mol. The number of carbonyl (C=O) groups is 1. The minimum Gasteiger partial charge on any atom is -0.339 e. The van der Waals surface area contributed by atoms with Crippen molar-refractivity contribution in [2.24, 2.45) is 5.73 Å². The zero-order valence-corrected chi connectivity index (χ0v) is 16.7. The van der Waals surface area contributed by atoms with Gasteiger partial charge in [0.05, 0.1) is 5.69 Å². The number of rotatable bonds is 4. The second-order valence-corrected chi connectivity index (χ2v) is 7.59. The Labute approximate surface area is 174 Å². The van der Waals surface area contributed by atoms with E-state index < -0.39 is 0 Å². The van der Waals surface area contributed by atoms with Gasteiger partial charge < -0.3 is 16.0 Å². The molecule has 7 heteroatoms. The Morgan fingerprint density at radius 1 is 1.03 bits per heavy atom. The van der Waals surface area contributed by atoms with Crippen LogP contribution in [-0.2, 0) is 0 Å². The van der Waals surface area contributed by atoms with Gasteiger partial charge >= 0.3 is 0 Å². The van der Waals surface area contributed by atoms with E-state index >= 15 is 0 Å². The molecule has 3 N–H and O–H groups in total. The van der Waals surface area contributed by atoms with E-state index in [9.17, 15) is 4.79 Å². The molecule has 1 aromatic heterocycles. The van der Waals surface area contributed by atoms with E-state index in [2.05, 4.69) is 15.3 Å². The summed E-state index contributed by atoms with van der Waals surface area (Å²) in [5.74, 6) is 0.543. The number of nitrogens with one attached hydrogen (secondary N) is 1. The van der Waals surface area contributed by atoms with Crippen LogP contribution in [0.25, 0.3) is 11.3 Å². The van der Waals surface area contributed by atoms with Gasteiger partial charge in [-0.15, -0.1) is 0 Å². The molecule has 0 spiro atoms. The summed E-state index contributed by atoms with van der Waals surface area (Å²) in [4.78, 5) is 23.4. The van der Waals surface area contributed by atoms with Crippen LogP contribution in [0.3, 0.4) is 0 Å². The molecule has 0 unspecified atom stereocenters. The highest BCUT2D eigenvalue weighted by Gasteiger charge is 2.21. The maximum Gasteiger partial charge on any atom is 0.253 e. The Hall–Kier alpha value is -2.96. The summed E-state index contributed by atoms with van der Waals surface area (Å²) < 4.78 is 0. The van der Waals surface area contributed by atoms with Crippen LogP contribution in [0.2, 0.25) is 5.02 Å². The molecule has 0 bridgehead atoms. The number of aromatic nitrogens is 2. The maximum atomic E-state index is 12.6. The van der Waals surface area contributed by atoms with Crippen LogP contribution in [0.5, 0.6) is 0 Å². The number of anilines is 2. The first-order chi connectivity index (χ1) is 14.1. The van der Waals surface area contributed by atoms with Gasteiger partial charge in [0.25, 0.3) is 5.91 Å². The van der Waals surface area contributed by atoms with Crippen LogP contribution < -0.4 is 11.1 Å². The molecule has 4 rings (SSSR count). The van der Waals surface area contributed by atoms with Crippen molar-refractivity contribution in [2.75, 3.05) is 18.4 Å². The molecule has 1 amide bonds. The Morgan fingerprint density at radius 2 is 1.72 bits per heavy atom. The molecule has 3 aromatic rings. The third-order valence-corrected chi connectivity index (χ3v) is 5.29. The third-order valence-electron chi connectivity index (χ3n) is 5.02. The lowest BCUT2D eigenvalue weighted by molar-refractivity contribution is -0.288. The Balaban J connectivity index is 1.44. The van der Waals surface area contributed by atoms with Gasteiger partial charge in [-0.3, -0.25) is 4.79 Å². The third kappa shape index (κ3) is 4.72. The highest BCUT2D eigenvalue weighted by Crippen LogP contribution is 2.21. The monoisotopic (exact) mass is 408 g/mol. The topological polar surface area (TPSA) is 84.1 Å². The van der Waals surface area contributed by atoms with Crippen molar-refractivity contribution in [1.82, 2.24) is 14.9 Å². The average Bonchev–Trinajstić information content (AvgIpc) is 2.75. The molecule has 6 nitrogen and oxygen atoms in total. The summed E-state index contributed by atoms with van der Waals surface area (Å²) in [6.45, 7) is 1.43. The summed E-state index contributed by atoms with van der Waals surface area (Å²) in [7, 11) is 0. The first-order valence-corrected chi connectivity index (χ1v) is 10.0. The van der Waals surface area contributed by atoms with Crippen molar-refractivity contribution in [3.63, 3.8) is 0 Å². The Kier molecular flexibility index (Phi) is 5.74. The van der Waals surface area contributed by atoms with Gasteiger partial charge in [0.2, 0.25) is 11.0 Å². The molecule has 0 atom stereocenters. The molecular formula is C22H23ClN5O+. The SMILES string of the molecule is NC1CCN(C(=O)c2ccc(Nc3nccc(-c4ccc([ClH+])cc4)n3)cc2)CC1. The van der Waals surface area contributed by atoms with E-state index in [0.29, 0.717) is 24.6 Å². The molecule has 2 heterocycles. The van der Waals surface area contributed by atoms with Crippen molar-refractivity contribution in [2.45, 2.75) is 18.9 Å². The molecular weight excluding hydrogens is 386 g/mol. The van der Waals surface area contributed by atoms with E-state index in [4.69, 9.17) is 17.3 Å². The van der Waals surface area contributed by atoms with Crippen molar-refractivity contribution in [3.8, 4) is 11.3 Å². The lowest BCUT2D eigenvalue weighted by Gasteiger charge is -2.30. The zero-order valence-electron chi connectivity index (χ0n) is 15.9. The maximum absolute atomic E-state index is 12.6. The Morgan fingerprint density at radius 3 is 2.41 bits per heavy atom. The fourth-order valence-corrected chi connectivity index (χ4v) is 3.45. The van der Waals surface area contributed by atoms with E-state index in [1.165, 1.54) is 0 Å². The molecule has 148 valence electrons. The van der Waals surface area contributed by atoms with Crippen molar-refractivity contribution in [1.29, 1.82) is 0 Å². The van der Waals surface area contributed by atoms with Gasteiger partial charge in [-0.05, 0) is 55.3 Å². The molecule has 2 aromatic carbocycles. The van der Waals surface area contributed by atoms with Crippen LogP contribution in [0.4, 0.5) is 11.6 Å². The standard InChI is InChI=1S/C22H22ClN5O/c23-17-5-1-15(2-6-17)20-9-12-25-22(27-20)26-19-7-3-16(4-8-19)21(29)28-13-10-18(24)11-14-28/h1-9,12,18,23H,10-11,13-14,24H2/p+1. The molecule has 0 aliphatic carbocycles. The Bertz CT molecular complexity index is 983. The van der Waals surface area contributed by atoms with E-state index in [1.54, 1.807) is 6.20 Å². The molecule has 1 aliphatic rings. The molecule has 1 saturated heterocycles. The van der Waals surface area contributed by atoms with Gasteiger partial charge in [0, 0.05) is 54.3 Å².